The normalized spacial score (nSPS) is 16.7. The van der Waals surface area contributed by atoms with Crippen LogP contribution in [-0.4, -0.2) is 25.5 Å². The molecule has 2 amide bonds. The first-order chi connectivity index (χ1) is 12.4. The number of amides is 2. The van der Waals surface area contributed by atoms with E-state index in [0.29, 0.717) is 23.7 Å². The van der Waals surface area contributed by atoms with E-state index >= 15 is 0 Å². The molecule has 2 aromatic carbocycles. The summed E-state index contributed by atoms with van der Waals surface area (Å²) >= 11 is 6.82. The Labute approximate surface area is 169 Å². The molecular weight excluding hydrogens is 464 g/mol. The Morgan fingerprint density at radius 2 is 2.00 bits per heavy atom. The van der Waals surface area contributed by atoms with Crippen LogP contribution in [0.25, 0.3) is 0 Å². The number of carbonyl (C=O) groups is 2. The summed E-state index contributed by atoms with van der Waals surface area (Å²) in [5.41, 5.74) is 2.41. The molecule has 1 heterocycles. The molecule has 1 unspecified atom stereocenters. The van der Waals surface area contributed by atoms with Gasteiger partial charge in [0.1, 0.15) is 5.75 Å². The smallest absolute Gasteiger partial charge is 0.229 e. The maximum Gasteiger partial charge on any atom is 0.229 e. The fraction of sp³-hybridized carbons (Fsp3) is 0.263. The van der Waals surface area contributed by atoms with Gasteiger partial charge < -0.3 is 15.0 Å². The second-order valence-electron chi connectivity index (χ2n) is 6.19. The van der Waals surface area contributed by atoms with Crippen molar-refractivity contribution >= 4 is 55.0 Å². The van der Waals surface area contributed by atoms with Gasteiger partial charge in [0, 0.05) is 21.9 Å². The van der Waals surface area contributed by atoms with Crippen LogP contribution in [0.4, 0.5) is 11.4 Å². The van der Waals surface area contributed by atoms with Gasteiger partial charge in [-0.1, -0.05) is 22.0 Å². The second kappa shape index (κ2) is 7.80. The van der Waals surface area contributed by atoms with Crippen LogP contribution in [0.3, 0.4) is 0 Å². The Morgan fingerprint density at radius 1 is 1.23 bits per heavy atom. The molecule has 0 saturated carbocycles. The monoisotopic (exact) mass is 480 g/mol. The number of aryl methyl sites for hydroxylation is 1. The number of nitrogens with one attached hydrogen (secondary N) is 1. The molecule has 1 atom stereocenters. The van der Waals surface area contributed by atoms with Crippen molar-refractivity contribution in [2.24, 2.45) is 5.92 Å². The lowest BCUT2D eigenvalue weighted by Crippen LogP contribution is -2.28. The standard InChI is InChI=1S/C19H18Br2N2O3/c1-11-3-6-17(26-2)16(7-11)23-10-12(8-18(23)24)19(25)22-15-5-4-13(20)9-14(15)21/h3-7,9,12H,8,10H2,1-2H3,(H,22,25). The molecule has 136 valence electrons. The van der Waals surface area contributed by atoms with Crippen molar-refractivity contribution in [2.45, 2.75) is 13.3 Å². The van der Waals surface area contributed by atoms with E-state index in [-0.39, 0.29) is 18.2 Å². The summed E-state index contributed by atoms with van der Waals surface area (Å²) in [6, 6.07) is 11.2. The van der Waals surface area contributed by atoms with Gasteiger partial charge in [-0.3, -0.25) is 9.59 Å². The molecule has 26 heavy (non-hydrogen) atoms. The van der Waals surface area contributed by atoms with Crippen molar-refractivity contribution in [3.8, 4) is 5.75 Å². The van der Waals surface area contributed by atoms with Gasteiger partial charge >= 0.3 is 0 Å². The van der Waals surface area contributed by atoms with Gasteiger partial charge in [-0.2, -0.15) is 0 Å². The molecule has 0 aliphatic carbocycles. The minimum absolute atomic E-state index is 0.0797. The Morgan fingerprint density at radius 3 is 2.69 bits per heavy atom. The molecule has 1 aliphatic rings. The number of rotatable bonds is 4. The van der Waals surface area contributed by atoms with Crippen molar-refractivity contribution in [3.63, 3.8) is 0 Å². The minimum atomic E-state index is -0.414. The number of halogens is 2. The Hall–Kier alpha value is -1.86. The number of hydrogen-bond acceptors (Lipinski definition) is 3. The number of hydrogen-bond donors (Lipinski definition) is 1. The molecular formula is C19H18Br2N2O3. The Balaban J connectivity index is 1.77. The molecule has 7 heteroatoms. The summed E-state index contributed by atoms with van der Waals surface area (Å²) in [6.07, 6.45) is 0.178. The molecule has 1 aliphatic heterocycles. The first-order valence-electron chi connectivity index (χ1n) is 8.10. The maximum atomic E-state index is 12.6. The van der Waals surface area contributed by atoms with Crippen molar-refractivity contribution in [1.82, 2.24) is 0 Å². The number of anilines is 2. The summed E-state index contributed by atoms with van der Waals surface area (Å²) in [4.78, 5) is 26.8. The third kappa shape index (κ3) is 3.94. The molecule has 5 nitrogen and oxygen atoms in total. The van der Waals surface area contributed by atoms with Crippen LogP contribution < -0.4 is 15.0 Å². The third-order valence-corrected chi connectivity index (χ3v) is 5.46. The maximum absolute atomic E-state index is 12.6. The summed E-state index contributed by atoms with van der Waals surface area (Å²) in [5.74, 6) is -0.0386. The Bertz CT molecular complexity index is 870. The highest BCUT2D eigenvalue weighted by molar-refractivity contribution is 9.11. The summed E-state index contributed by atoms with van der Waals surface area (Å²) in [6.45, 7) is 2.29. The zero-order valence-electron chi connectivity index (χ0n) is 14.4. The Kier molecular flexibility index (Phi) is 5.67. The van der Waals surface area contributed by atoms with Gasteiger partial charge in [0.25, 0.3) is 0 Å². The molecule has 1 fully saturated rings. The first kappa shape index (κ1) is 18.9. The zero-order valence-corrected chi connectivity index (χ0v) is 17.6. The van der Waals surface area contributed by atoms with Gasteiger partial charge in [0.05, 0.1) is 24.4 Å². The van der Waals surface area contributed by atoms with Crippen LogP contribution in [0.15, 0.2) is 45.3 Å². The molecule has 1 saturated heterocycles. The predicted molar refractivity (Wildman–Crippen MR) is 109 cm³/mol. The molecule has 0 spiro atoms. The number of ether oxygens (including phenoxy) is 1. The quantitative estimate of drug-likeness (QED) is 0.698. The number of carbonyl (C=O) groups excluding carboxylic acids is 2. The minimum Gasteiger partial charge on any atom is -0.495 e. The molecule has 3 rings (SSSR count). The lowest BCUT2D eigenvalue weighted by atomic mass is 10.1. The van der Waals surface area contributed by atoms with E-state index in [1.165, 1.54) is 0 Å². The molecule has 0 aromatic heterocycles. The van der Waals surface area contributed by atoms with Gasteiger partial charge in [0.15, 0.2) is 0 Å². The van der Waals surface area contributed by atoms with Crippen molar-refractivity contribution in [2.75, 3.05) is 23.9 Å². The zero-order chi connectivity index (χ0) is 18.8. The number of methoxy groups -OCH3 is 1. The number of benzene rings is 2. The van der Waals surface area contributed by atoms with Crippen LogP contribution in [0.2, 0.25) is 0 Å². The SMILES string of the molecule is COc1ccc(C)cc1N1CC(C(=O)Nc2ccc(Br)cc2Br)CC1=O. The van der Waals surface area contributed by atoms with E-state index in [2.05, 4.69) is 37.2 Å². The fourth-order valence-corrected chi connectivity index (χ4v) is 4.10. The van der Waals surface area contributed by atoms with Gasteiger partial charge in [-0.15, -0.1) is 0 Å². The van der Waals surface area contributed by atoms with Crippen LogP contribution in [0.5, 0.6) is 5.75 Å². The highest BCUT2D eigenvalue weighted by Gasteiger charge is 2.36. The van der Waals surface area contributed by atoms with Crippen LogP contribution in [0.1, 0.15) is 12.0 Å². The van der Waals surface area contributed by atoms with E-state index in [1.807, 2.05) is 43.3 Å². The van der Waals surface area contributed by atoms with Gasteiger partial charge in [-0.25, -0.2) is 0 Å². The van der Waals surface area contributed by atoms with E-state index in [4.69, 9.17) is 4.74 Å². The lowest BCUT2D eigenvalue weighted by molar-refractivity contribution is -0.122. The van der Waals surface area contributed by atoms with Crippen LogP contribution >= 0.6 is 31.9 Å². The topological polar surface area (TPSA) is 58.6 Å². The largest absolute Gasteiger partial charge is 0.495 e. The van der Waals surface area contributed by atoms with Crippen LogP contribution in [-0.2, 0) is 9.59 Å². The summed E-state index contributed by atoms with van der Waals surface area (Å²) < 4.78 is 7.07. The second-order valence-corrected chi connectivity index (χ2v) is 7.96. The highest BCUT2D eigenvalue weighted by atomic mass is 79.9. The third-order valence-electron chi connectivity index (χ3n) is 4.31. The fourth-order valence-electron chi connectivity index (χ4n) is 2.95. The van der Waals surface area contributed by atoms with E-state index in [0.717, 1.165) is 14.5 Å². The number of nitrogens with zero attached hydrogens (tertiary/aromatic N) is 1. The average Bonchev–Trinajstić information content (AvgIpc) is 2.99. The molecule has 0 bridgehead atoms. The summed E-state index contributed by atoms with van der Waals surface area (Å²) in [7, 11) is 1.57. The van der Waals surface area contributed by atoms with E-state index < -0.39 is 5.92 Å². The van der Waals surface area contributed by atoms with Crippen LogP contribution in [0, 0.1) is 12.8 Å². The van der Waals surface area contributed by atoms with E-state index in [9.17, 15) is 9.59 Å². The summed E-state index contributed by atoms with van der Waals surface area (Å²) in [5, 5.41) is 2.90. The van der Waals surface area contributed by atoms with Crippen molar-refractivity contribution < 1.29 is 14.3 Å². The lowest BCUT2D eigenvalue weighted by Gasteiger charge is -2.20. The van der Waals surface area contributed by atoms with Gasteiger partial charge in [-0.05, 0) is 58.7 Å². The van der Waals surface area contributed by atoms with Gasteiger partial charge in [0.2, 0.25) is 11.8 Å². The molecule has 2 aromatic rings. The molecule has 0 radical (unpaired) electrons. The molecule has 1 N–H and O–H groups in total. The van der Waals surface area contributed by atoms with E-state index in [1.54, 1.807) is 12.0 Å². The van der Waals surface area contributed by atoms with Crippen molar-refractivity contribution in [3.05, 3.63) is 50.9 Å². The predicted octanol–water partition coefficient (Wildman–Crippen LogP) is 4.52. The average molecular weight is 482 g/mol. The highest BCUT2D eigenvalue weighted by Crippen LogP contribution is 2.34. The van der Waals surface area contributed by atoms with Crippen molar-refractivity contribution in [1.29, 1.82) is 0 Å². The first-order valence-corrected chi connectivity index (χ1v) is 9.68.